The van der Waals surface area contributed by atoms with Crippen molar-refractivity contribution in [1.29, 1.82) is 0 Å². The number of nitrogens with zero attached hydrogens (tertiary/aromatic N) is 2. The Kier molecular flexibility index (Phi) is 24.1. The van der Waals surface area contributed by atoms with Gasteiger partial charge in [-0.3, -0.25) is 0 Å². The van der Waals surface area contributed by atoms with Gasteiger partial charge in [-0.05, 0) is 0 Å². The molecule has 11 heteroatoms. The summed E-state index contributed by atoms with van der Waals surface area (Å²) in [5, 5.41) is 26.2. The summed E-state index contributed by atoms with van der Waals surface area (Å²) < 4.78 is 17.2. The van der Waals surface area contributed by atoms with Crippen molar-refractivity contribution in [2.75, 3.05) is 0 Å². The minimum atomic E-state index is -2.51. The van der Waals surface area contributed by atoms with E-state index >= 15 is 0 Å². The van der Waals surface area contributed by atoms with Crippen LogP contribution < -0.4 is 0 Å². The molecule has 0 rings (SSSR count). The van der Waals surface area contributed by atoms with Gasteiger partial charge in [-0.1, -0.05) is 0 Å². The van der Waals surface area contributed by atoms with Crippen molar-refractivity contribution in [2.45, 2.75) is 0 Å². The molecule has 0 aliphatic rings. The summed E-state index contributed by atoms with van der Waals surface area (Å²) >= 11 is -2.51. The topological polar surface area (TPSA) is 158 Å². The van der Waals surface area contributed by atoms with Crippen LogP contribution in [-0.4, -0.2) is 25.8 Å². The zero-order valence-electron chi connectivity index (χ0n) is 4.78. The SMILES string of the molecule is O=[N+](O)O.O=[N+]([O-])O.[O]=[U]=[O]. The zero-order chi connectivity index (χ0) is 9.86. The molecule has 0 saturated heterocycles. The van der Waals surface area contributed by atoms with Crippen LogP contribution >= 0.6 is 0 Å². The fraction of sp³-hybridized carbons (Fsp3) is 0. The third-order valence-electron chi connectivity index (χ3n) is 0. The van der Waals surface area contributed by atoms with Gasteiger partial charge in [0.05, 0.1) is 0 Å². The van der Waals surface area contributed by atoms with E-state index in [1.165, 1.54) is 0 Å². The van der Waals surface area contributed by atoms with Gasteiger partial charge in [0.2, 0.25) is 0 Å². The van der Waals surface area contributed by atoms with E-state index in [4.69, 9.17) is 35.1 Å². The number of hydrogen-bond donors (Lipinski definition) is 3. The summed E-state index contributed by atoms with van der Waals surface area (Å²) in [6, 6.07) is 0. The molecule has 0 atom stereocenters. The van der Waals surface area contributed by atoms with Crippen LogP contribution in [0, 0.1) is 42.8 Å². The molecule has 0 saturated carbocycles. The van der Waals surface area contributed by atoms with Crippen LogP contribution in [-0.2, 0) is 4.47 Å². The molecule has 0 radical (unpaired) electrons. The van der Waals surface area contributed by atoms with Gasteiger partial charge >= 0.3 is 37.4 Å². The Balaban J connectivity index is -0.0000000886. The third kappa shape index (κ3) is 501. The monoisotopic (exact) mass is 397 g/mol. The first-order valence-electron chi connectivity index (χ1n) is 1.56. The molecule has 0 aliphatic heterocycles. The van der Waals surface area contributed by atoms with E-state index in [9.17, 15) is 0 Å². The van der Waals surface area contributed by atoms with Crippen LogP contribution in [0.5, 0.6) is 0 Å². The Hall–Kier alpha value is -0.948. The standard InChI is InChI=1S/H2NO3.HNO3.2O.U/c2*2-1(3)4;;;/h(H2,2,3,4);(H,2,3,4);;;/q+1;;;;. The Labute approximate surface area is 73.2 Å². The first-order chi connectivity index (χ1) is 4.88. The summed E-state index contributed by atoms with van der Waals surface area (Å²) in [5.41, 5.74) is 0. The van der Waals surface area contributed by atoms with E-state index in [2.05, 4.69) is 0 Å². The van der Waals surface area contributed by atoms with Crippen molar-refractivity contribution < 1.29 is 58.1 Å². The van der Waals surface area contributed by atoms with E-state index in [-0.39, 0.29) is 0 Å². The maximum absolute atomic E-state index is 8.58. The van der Waals surface area contributed by atoms with Gasteiger partial charge in [-0.15, -0.1) is 10.1 Å². The second kappa shape index (κ2) is 16.0. The zero-order valence-corrected chi connectivity index (χ0v) is 8.94. The Morgan fingerprint density at radius 3 is 1.09 bits per heavy atom. The van der Waals surface area contributed by atoms with Crippen LogP contribution in [0.2, 0.25) is 0 Å². The number of hydrogen-bond acceptors (Lipinski definition) is 5. The summed E-state index contributed by atoms with van der Waals surface area (Å²) in [6.45, 7) is 0. The van der Waals surface area contributed by atoms with E-state index in [1.807, 2.05) is 0 Å². The molecule has 0 bridgehead atoms. The van der Waals surface area contributed by atoms with Gasteiger partial charge < -0.3 is 5.21 Å². The molecule has 11 heavy (non-hydrogen) atoms. The average Bonchev–Trinajstić information content (AvgIpc) is 1.60. The van der Waals surface area contributed by atoms with Crippen molar-refractivity contribution in [3.05, 3.63) is 15.0 Å². The van der Waals surface area contributed by atoms with Gasteiger partial charge in [0.1, 0.15) is 4.91 Å². The molecule has 0 aromatic heterocycles. The van der Waals surface area contributed by atoms with Gasteiger partial charge in [0, 0.05) is 0 Å². The Morgan fingerprint density at radius 1 is 1.09 bits per heavy atom. The van der Waals surface area contributed by atoms with Gasteiger partial charge in [-0.25, -0.2) is 10.4 Å². The molecule has 10 nitrogen and oxygen atoms in total. The van der Waals surface area contributed by atoms with Crippen LogP contribution in [0.25, 0.3) is 0 Å². The molecule has 0 aromatic rings. The second-order valence-electron chi connectivity index (χ2n) is 0.574. The van der Waals surface area contributed by atoms with E-state index < -0.39 is 38.0 Å². The molecule has 0 aromatic carbocycles. The molecular formula is H3N2O8U+. The second-order valence-corrected chi connectivity index (χ2v) is 1.27. The predicted molar refractivity (Wildman–Crippen MR) is 17.4 cm³/mol. The summed E-state index contributed by atoms with van der Waals surface area (Å²) in [5.74, 6) is 0. The van der Waals surface area contributed by atoms with Gasteiger partial charge in [0.25, 0.3) is 5.09 Å². The van der Waals surface area contributed by atoms with E-state index in [0.29, 0.717) is 0 Å². The first kappa shape index (κ1) is 16.6. The van der Waals surface area contributed by atoms with Gasteiger partial charge in [0.15, 0.2) is 0 Å². The molecule has 64 valence electrons. The Bertz CT molecular complexity index is 124. The summed E-state index contributed by atoms with van der Waals surface area (Å²) in [4.78, 5) is 16.8. The minimum absolute atomic E-state index is 1.25. The molecule has 0 spiro atoms. The van der Waals surface area contributed by atoms with E-state index in [0.717, 1.165) is 0 Å². The molecule has 0 aliphatic carbocycles. The molecule has 0 amide bonds. The fourth-order valence-corrected chi connectivity index (χ4v) is 0. The first-order valence-corrected chi connectivity index (χ1v) is 4.96. The maximum atomic E-state index is 8.58. The normalized spacial score (nSPS) is 5.09. The van der Waals surface area contributed by atoms with Crippen LogP contribution in [0.1, 0.15) is 0 Å². The summed E-state index contributed by atoms with van der Waals surface area (Å²) in [7, 11) is 0. The third-order valence-corrected chi connectivity index (χ3v) is 0. The van der Waals surface area contributed by atoms with Crippen molar-refractivity contribution in [1.82, 2.24) is 0 Å². The predicted octanol–water partition coefficient (Wildman–Crippen LogP) is -1.04. The van der Waals surface area contributed by atoms with Crippen LogP contribution in [0.4, 0.5) is 0 Å². The van der Waals surface area contributed by atoms with Crippen LogP contribution in [0.3, 0.4) is 0 Å². The molecule has 0 heterocycles. The average molecular weight is 397 g/mol. The van der Waals surface area contributed by atoms with Crippen molar-refractivity contribution >= 4 is 0 Å². The Morgan fingerprint density at radius 2 is 1.09 bits per heavy atom. The fourth-order valence-electron chi connectivity index (χ4n) is 0. The molecule has 0 unspecified atom stereocenters. The van der Waals surface area contributed by atoms with E-state index in [1.54, 1.807) is 0 Å². The van der Waals surface area contributed by atoms with Crippen molar-refractivity contribution in [2.24, 2.45) is 0 Å². The molecule has 3 N–H and O–H groups in total. The van der Waals surface area contributed by atoms with Gasteiger partial charge in [-0.2, -0.15) is 0 Å². The van der Waals surface area contributed by atoms with Crippen molar-refractivity contribution in [3.63, 3.8) is 0 Å². The van der Waals surface area contributed by atoms with Crippen LogP contribution in [0.15, 0.2) is 0 Å². The number of rotatable bonds is 0. The quantitative estimate of drug-likeness (QED) is 0.345. The summed E-state index contributed by atoms with van der Waals surface area (Å²) in [6.07, 6.45) is 0. The van der Waals surface area contributed by atoms with Crippen molar-refractivity contribution in [3.8, 4) is 0 Å². The molecular weight excluding hydrogens is 394 g/mol. The molecule has 0 fully saturated rings.